The molecule has 0 bridgehead atoms. The first-order valence-electron chi connectivity index (χ1n) is 5.25. The molecule has 0 amide bonds. The maximum Gasteiger partial charge on any atom is -0.0181 e. The summed E-state index contributed by atoms with van der Waals surface area (Å²) in [5, 5.41) is 0. The standard InChI is InChI=1S/C15H18/c1-5-8-15-11-14(12(4)6-2)10-9-13(15)7-3/h5-11H,3H2,1-2,4H3/b8-5-,12-6-. The van der Waals surface area contributed by atoms with Gasteiger partial charge in [0.2, 0.25) is 0 Å². The Labute approximate surface area is 92.6 Å². The normalized spacial score (nSPS) is 12.1. The maximum atomic E-state index is 3.82. The Kier molecular flexibility index (Phi) is 4.11. The highest BCUT2D eigenvalue weighted by Gasteiger charge is 1.99. The number of hydrogen-bond acceptors (Lipinski definition) is 0. The van der Waals surface area contributed by atoms with Crippen LogP contribution < -0.4 is 0 Å². The number of benzene rings is 1. The molecule has 0 saturated heterocycles. The molecule has 0 radical (unpaired) electrons. The van der Waals surface area contributed by atoms with Crippen molar-refractivity contribution in [2.75, 3.05) is 0 Å². The van der Waals surface area contributed by atoms with Gasteiger partial charge < -0.3 is 0 Å². The average molecular weight is 198 g/mol. The van der Waals surface area contributed by atoms with Gasteiger partial charge in [-0.25, -0.2) is 0 Å². The predicted molar refractivity (Wildman–Crippen MR) is 70.6 cm³/mol. The van der Waals surface area contributed by atoms with E-state index in [1.165, 1.54) is 22.3 Å². The molecule has 1 aromatic carbocycles. The van der Waals surface area contributed by atoms with E-state index in [4.69, 9.17) is 0 Å². The van der Waals surface area contributed by atoms with Gasteiger partial charge in [-0.15, -0.1) is 0 Å². The molecule has 0 aliphatic carbocycles. The van der Waals surface area contributed by atoms with Gasteiger partial charge in [-0.1, -0.05) is 43.0 Å². The number of hydrogen-bond donors (Lipinski definition) is 0. The zero-order valence-electron chi connectivity index (χ0n) is 9.75. The molecule has 0 saturated carbocycles. The Balaban J connectivity index is 3.27. The first-order valence-corrected chi connectivity index (χ1v) is 5.25. The van der Waals surface area contributed by atoms with Gasteiger partial charge in [0, 0.05) is 0 Å². The van der Waals surface area contributed by atoms with Crippen LogP contribution in [0.3, 0.4) is 0 Å². The SMILES string of the molecule is C=Cc1ccc(/C(C)=C\C)cc1/C=C\C. The summed E-state index contributed by atoms with van der Waals surface area (Å²) in [4.78, 5) is 0. The van der Waals surface area contributed by atoms with Gasteiger partial charge in [0.1, 0.15) is 0 Å². The first-order chi connectivity index (χ1) is 7.22. The zero-order chi connectivity index (χ0) is 11.3. The molecule has 0 atom stereocenters. The van der Waals surface area contributed by atoms with Crippen LogP contribution in [0.1, 0.15) is 37.5 Å². The van der Waals surface area contributed by atoms with Crippen LogP contribution in [-0.2, 0) is 0 Å². The maximum absolute atomic E-state index is 3.82. The molecule has 15 heavy (non-hydrogen) atoms. The van der Waals surface area contributed by atoms with Gasteiger partial charge in [0.25, 0.3) is 0 Å². The van der Waals surface area contributed by atoms with Gasteiger partial charge >= 0.3 is 0 Å². The van der Waals surface area contributed by atoms with E-state index in [9.17, 15) is 0 Å². The van der Waals surface area contributed by atoms with Gasteiger partial charge in [0.05, 0.1) is 0 Å². The molecule has 0 fully saturated rings. The van der Waals surface area contributed by atoms with E-state index in [1.807, 2.05) is 13.0 Å². The summed E-state index contributed by atoms with van der Waals surface area (Å²) in [6, 6.07) is 6.45. The van der Waals surface area contributed by atoms with Crippen molar-refractivity contribution >= 4 is 17.7 Å². The van der Waals surface area contributed by atoms with Crippen molar-refractivity contribution in [1.82, 2.24) is 0 Å². The average Bonchev–Trinajstić information content (AvgIpc) is 2.28. The molecule has 0 spiro atoms. The van der Waals surface area contributed by atoms with Crippen molar-refractivity contribution in [3.63, 3.8) is 0 Å². The van der Waals surface area contributed by atoms with E-state index in [0.717, 1.165) is 0 Å². The molecule has 0 unspecified atom stereocenters. The van der Waals surface area contributed by atoms with Crippen LogP contribution >= 0.6 is 0 Å². The smallest absolute Gasteiger partial charge is 0.0181 e. The Morgan fingerprint density at radius 3 is 2.47 bits per heavy atom. The molecule has 0 N–H and O–H groups in total. The minimum absolute atomic E-state index is 1.18. The van der Waals surface area contributed by atoms with Crippen molar-refractivity contribution in [1.29, 1.82) is 0 Å². The second-order valence-corrected chi connectivity index (χ2v) is 3.52. The summed E-state index contributed by atoms with van der Waals surface area (Å²) in [7, 11) is 0. The van der Waals surface area contributed by atoms with E-state index in [2.05, 4.69) is 56.9 Å². The van der Waals surface area contributed by atoms with E-state index in [-0.39, 0.29) is 0 Å². The van der Waals surface area contributed by atoms with Crippen LogP contribution in [0, 0.1) is 0 Å². The lowest BCUT2D eigenvalue weighted by molar-refractivity contribution is 1.51. The lowest BCUT2D eigenvalue weighted by Gasteiger charge is -2.06. The molecular weight excluding hydrogens is 180 g/mol. The third-order valence-electron chi connectivity index (χ3n) is 2.54. The van der Waals surface area contributed by atoms with E-state index < -0.39 is 0 Å². The van der Waals surface area contributed by atoms with Gasteiger partial charge in [0.15, 0.2) is 0 Å². The predicted octanol–water partition coefficient (Wildman–Crippen LogP) is 4.79. The molecule has 0 heteroatoms. The molecule has 78 valence electrons. The van der Waals surface area contributed by atoms with Crippen LogP contribution in [0.15, 0.2) is 36.9 Å². The molecular formula is C15H18. The fourth-order valence-electron chi connectivity index (χ4n) is 1.50. The first kappa shape index (κ1) is 11.5. The van der Waals surface area contributed by atoms with Crippen LogP contribution in [0.5, 0.6) is 0 Å². The highest BCUT2D eigenvalue weighted by Crippen LogP contribution is 2.20. The number of rotatable bonds is 3. The number of allylic oxidation sites excluding steroid dienone is 3. The summed E-state index contributed by atoms with van der Waals surface area (Å²) < 4.78 is 0. The van der Waals surface area contributed by atoms with E-state index >= 15 is 0 Å². The summed E-state index contributed by atoms with van der Waals surface area (Å²) in [5.41, 5.74) is 4.99. The lowest BCUT2D eigenvalue weighted by Crippen LogP contribution is -1.85. The second-order valence-electron chi connectivity index (χ2n) is 3.52. The molecule has 1 rings (SSSR count). The van der Waals surface area contributed by atoms with Gasteiger partial charge in [-0.2, -0.15) is 0 Å². The molecule has 0 aliphatic heterocycles. The van der Waals surface area contributed by atoms with Crippen LogP contribution in [0.2, 0.25) is 0 Å². The summed E-state index contributed by atoms with van der Waals surface area (Å²) >= 11 is 0. The monoisotopic (exact) mass is 198 g/mol. The van der Waals surface area contributed by atoms with Crippen molar-refractivity contribution in [3.05, 3.63) is 53.6 Å². The van der Waals surface area contributed by atoms with Crippen molar-refractivity contribution in [3.8, 4) is 0 Å². The highest BCUT2D eigenvalue weighted by molar-refractivity contribution is 5.71. The van der Waals surface area contributed by atoms with Crippen LogP contribution in [-0.4, -0.2) is 0 Å². The highest BCUT2D eigenvalue weighted by atomic mass is 14.0. The van der Waals surface area contributed by atoms with Crippen LogP contribution in [0.4, 0.5) is 0 Å². The lowest BCUT2D eigenvalue weighted by atomic mass is 9.99. The van der Waals surface area contributed by atoms with E-state index in [0.29, 0.717) is 0 Å². The molecule has 0 nitrogen and oxygen atoms in total. The largest absolute Gasteiger partial charge is 0.0984 e. The summed E-state index contributed by atoms with van der Waals surface area (Å²) in [6.45, 7) is 10.0. The third-order valence-corrected chi connectivity index (χ3v) is 2.54. The molecule has 0 aliphatic rings. The summed E-state index contributed by atoms with van der Waals surface area (Å²) in [6.07, 6.45) is 8.19. The Hall–Kier alpha value is -1.56. The van der Waals surface area contributed by atoms with Crippen molar-refractivity contribution in [2.45, 2.75) is 20.8 Å². The Bertz CT molecular complexity index is 406. The minimum atomic E-state index is 1.18. The third kappa shape index (κ3) is 2.69. The fourth-order valence-corrected chi connectivity index (χ4v) is 1.50. The fraction of sp³-hybridized carbons (Fsp3) is 0.200. The Morgan fingerprint density at radius 1 is 1.20 bits per heavy atom. The van der Waals surface area contributed by atoms with Gasteiger partial charge in [-0.3, -0.25) is 0 Å². The summed E-state index contributed by atoms with van der Waals surface area (Å²) in [5.74, 6) is 0. The molecule has 1 aromatic rings. The van der Waals surface area contributed by atoms with Crippen molar-refractivity contribution < 1.29 is 0 Å². The van der Waals surface area contributed by atoms with Crippen molar-refractivity contribution in [2.24, 2.45) is 0 Å². The van der Waals surface area contributed by atoms with E-state index in [1.54, 1.807) is 0 Å². The zero-order valence-corrected chi connectivity index (χ0v) is 9.75. The molecule has 0 heterocycles. The molecule has 0 aromatic heterocycles. The Morgan fingerprint density at radius 2 is 1.93 bits per heavy atom. The van der Waals surface area contributed by atoms with Crippen LogP contribution in [0.25, 0.3) is 17.7 Å². The minimum Gasteiger partial charge on any atom is -0.0984 e. The quantitative estimate of drug-likeness (QED) is 0.655. The topological polar surface area (TPSA) is 0 Å². The van der Waals surface area contributed by atoms with Gasteiger partial charge in [-0.05, 0) is 49.1 Å². The second kappa shape index (κ2) is 5.35.